The van der Waals surface area contributed by atoms with Crippen LogP contribution >= 0.6 is 11.3 Å². The third-order valence-corrected chi connectivity index (χ3v) is 1.05. The Morgan fingerprint density at radius 1 is 1.00 bits per heavy atom. The van der Waals surface area contributed by atoms with Gasteiger partial charge in [-0.3, -0.25) is 0 Å². The Morgan fingerprint density at radius 2 is 1.50 bits per heavy atom. The average molecular weight is 140 g/mol. The first-order valence-corrected chi connectivity index (χ1v) is 2.41. The molecule has 0 nitrogen and oxygen atoms in total. The molecule has 1 aromatic heterocycles. The predicted molar refractivity (Wildman–Crippen MR) is 24.3 cm³/mol. The van der Waals surface area contributed by atoms with Crippen LogP contribution in [0.2, 0.25) is 0 Å². The maximum atomic E-state index is 2.04. The Hall–Kier alpha value is 0.219. The van der Waals surface area contributed by atoms with E-state index in [2.05, 4.69) is 0 Å². The normalized spacial score (nSPS) is 6.67. The van der Waals surface area contributed by atoms with Gasteiger partial charge in [-0.2, -0.15) is 11.3 Å². The van der Waals surface area contributed by atoms with Crippen molar-refractivity contribution in [2.75, 3.05) is 0 Å². The van der Waals surface area contributed by atoms with Gasteiger partial charge in [0.2, 0.25) is 0 Å². The van der Waals surface area contributed by atoms with E-state index in [0.717, 1.165) is 0 Å². The molecular weight excluding hydrogens is 136 g/mol. The molecule has 0 aliphatic rings. The fourth-order valence-electron chi connectivity index (χ4n) is 0.227. The second-order valence-corrected chi connectivity index (χ2v) is 1.61. The third-order valence-electron chi connectivity index (χ3n) is 0.425. The Kier molecular flexibility index (Phi) is 3.54. The predicted octanol–water partition coefficient (Wildman–Crippen LogP) is 1.75. The van der Waals surface area contributed by atoms with Crippen molar-refractivity contribution in [1.82, 2.24) is 0 Å². The zero-order valence-corrected chi connectivity index (χ0v) is 4.99. The van der Waals surface area contributed by atoms with Gasteiger partial charge in [-0.15, -0.1) is 0 Å². The van der Waals surface area contributed by atoms with Crippen LogP contribution in [-0.2, 0) is 17.1 Å². The van der Waals surface area contributed by atoms with Gasteiger partial charge in [-0.05, 0) is 10.8 Å². The van der Waals surface area contributed by atoms with Gasteiger partial charge in [0.05, 0.1) is 0 Å². The number of hydrogen-bond acceptors (Lipinski definition) is 1. The van der Waals surface area contributed by atoms with E-state index in [0.29, 0.717) is 0 Å². The molecule has 0 unspecified atom stereocenters. The fraction of sp³-hybridized carbons (Fsp3) is 0. The molecule has 0 amide bonds. The summed E-state index contributed by atoms with van der Waals surface area (Å²) in [4.78, 5) is 0. The molecule has 0 fully saturated rings. The summed E-state index contributed by atoms with van der Waals surface area (Å²) < 4.78 is 0. The molecule has 0 N–H and O–H groups in total. The van der Waals surface area contributed by atoms with Gasteiger partial charge in [-0.1, -0.05) is 12.1 Å². The van der Waals surface area contributed by atoms with Crippen LogP contribution < -0.4 is 0 Å². The minimum atomic E-state index is 0. The molecule has 1 aromatic rings. The quantitative estimate of drug-likeness (QED) is 0.481. The molecule has 0 spiro atoms. The van der Waals surface area contributed by atoms with Crippen LogP contribution in [0.25, 0.3) is 0 Å². The molecule has 0 atom stereocenters. The molecule has 0 saturated heterocycles. The van der Waals surface area contributed by atoms with Crippen LogP contribution in [0.1, 0.15) is 0 Å². The summed E-state index contributed by atoms with van der Waals surface area (Å²) in [5.74, 6) is 0. The molecule has 0 aliphatic heterocycles. The first-order valence-electron chi connectivity index (χ1n) is 1.47. The van der Waals surface area contributed by atoms with Crippen LogP contribution in [0.3, 0.4) is 0 Å². The molecule has 1 rings (SSSR count). The van der Waals surface area contributed by atoms with Crippen molar-refractivity contribution in [3.05, 3.63) is 22.9 Å². The van der Waals surface area contributed by atoms with Crippen molar-refractivity contribution in [2.24, 2.45) is 0 Å². The number of thiophene rings is 1. The van der Waals surface area contributed by atoms with Gasteiger partial charge in [0.25, 0.3) is 0 Å². The summed E-state index contributed by atoms with van der Waals surface area (Å²) in [5, 5.41) is 4.08. The third kappa shape index (κ3) is 1.61. The molecule has 0 aromatic carbocycles. The van der Waals surface area contributed by atoms with Crippen LogP contribution in [0.5, 0.6) is 0 Å². The summed E-state index contributed by atoms with van der Waals surface area (Å²) in [6.45, 7) is 0. The van der Waals surface area contributed by atoms with Crippen LogP contribution in [0, 0.1) is 0 Å². The van der Waals surface area contributed by atoms with Crippen molar-refractivity contribution in [2.45, 2.75) is 0 Å². The van der Waals surface area contributed by atoms with Crippen LogP contribution in [-0.4, -0.2) is 0 Å². The molecule has 0 bridgehead atoms. The molecule has 0 aliphatic carbocycles. The Balaban J connectivity index is 0.000000250. The molecule has 0 radical (unpaired) electrons. The smallest absolute Gasteiger partial charge is 0 e. The molecule has 34 valence electrons. The summed E-state index contributed by atoms with van der Waals surface area (Å²) >= 11 is 1.71. The maximum Gasteiger partial charge on any atom is 0 e. The van der Waals surface area contributed by atoms with Gasteiger partial charge in [0, 0.05) is 17.1 Å². The van der Waals surface area contributed by atoms with E-state index in [1.165, 1.54) is 0 Å². The molecule has 2 heteroatoms. The van der Waals surface area contributed by atoms with Gasteiger partial charge >= 0.3 is 0 Å². The minimum Gasteiger partial charge on any atom is -0.152 e. The molecule has 6 heavy (non-hydrogen) atoms. The molecule has 1 heterocycles. The maximum absolute atomic E-state index is 2.04. The van der Waals surface area contributed by atoms with Crippen molar-refractivity contribution in [3.63, 3.8) is 0 Å². The minimum absolute atomic E-state index is 0. The first kappa shape index (κ1) is 6.22. The molecule has 0 saturated carbocycles. The van der Waals surface area contributed by atoms with Crippen LogP contribution in [0.15, 0.2) is 22.9 Å². The fourth-order valence-corrected chi connectivity index (χ4v) is 0.680. The van der Waals surface area contributed by atoms with Gasteiger partial charge < -0.3 is 0 Å². The van der Waals surface area contributed by atoms with E-state index in [4.69, 9.17) is 0 Å². The van der Waals surface area contributed by atoms with Crippen LogP contribution in [0.4, 0.5) is 0 Å². The van der Waals surface area contributed by atoms with Gasteiger partial charge in [-0.25, -0.2) is 0 Å². The summed E-state index contributed by atoms with van der Waals surface area (Å²) in [5.41, 5.74) is 0. The summed E-state index contributed by atoms with van der Waals surface area (Å²) in [6, 6.07) is 4.04. The number of hydrogen-bond donors (Lipinski definition) is 0. The Morgan fingerprint density at radius 3 is 1.67 bits per heavy atom. The van der Waals surface area contributed by atoms with E-state index in [-0.39, 0.29) is 17.1 Å². The number of rotatable bonds is 0. The van der Waals surface area contributed by atoms with Gasteiger partial charge in [0.15, 0.2) is 0 Å². The monoisotopic (exact) mass is 140 g/mol. The zero-order valence-electron chi connectivity index (χ0n) is 3.07. The summed E-state index contributed by atoms with van der Waals surface area (Å²) in [6.07, 6.45) is 0. The van der Waals surface area contributed by atoms with Crippen molar-refractivity contribution < 1.29 is 17.1 Å². The van der Waals surface area contributed by atoms with Gasteiger partial charge in [0.1, 0.15) is 0 Å². The second-order valence-electron chi connectivity index (χ2n) is 0.793. The SMILES string of the molecule is [Fe].c1ccsc1. The van der Waals surface area contributed by atoms with Crippen molar-refractivity contribution in [1.29, 1.82) is 0 Å². The van der Waals surface area contributed by atoms with Crippen molar-refractivity contribution in [3.8, 4) is 0 Å². The first-order chi connectivity index (χ1) is 2.50. The van der Waals surface area contributed by atoms with E-state index < -0.39 is 0 Å². The standard InChI is InChI=1S/C4H4S.Fe/c1-2-4-5-3-1;/h1-4H;. The van der Waals surface area contributed by atoms with Crippen molar-refractivity contribution >= 4 is 11.3 Å². The summed E-state index contributed by atoms with van der Waals surface area (Å²) in [7, 11) is 0. The average Bonchev–Trinajstić information content (AvgIpc) is 1.76. The van der Waals surface area contributed by atoms with E-state index in [1.54, 1.807) is 11.3 Å². The van der Waals surface area contributed by atoms with E-state index in [1.807, 2.05) is 22.9 Å². The zero-order chi connectivity index (χ0) is 3.54. The second kappa shape index (κ2) is 3.41. The topological polar surface area (TPSA) is 0 Å². The Bertz CT molecular complexity index is 64.0. The largest absolute Gasteiger partial charge is 0.152 e. The molecular formula is C4H4FeS. The Labute approximate surface area is 51.7 Å². The van der Waals surface area contributed by atoms with E-state index in [9.17, 15) is 0 Å². The van der Waals surface area contributed by atoms with E-state index >= 15 is 0 Å².